The molecule has 1 aliphatic heterocycles. The quantitative estimate of drug-likeness (QED) is 0.844. The van der Waals surface area contributed by atoms with Gasteiger partial charge in [0.2, 0.25) is 0 Å². The first-order chi connectivity index (χ1) is 13.0. The van der Waals surface area contributed by atoms with Gasteiger partial charge in [0.25, 0.3) is 11.8 Å². The predicted molar refractivity (Wildman–Crippen MR) is 101 cm³/mol. The van der Waals surface area contributed by atoms with Gasteiger partial charge in [-0.25, -0.2) is 0 Å². The normalized spacial score (nSPS) is 15.6. The topological polar surface area (TPSA) is 77.1 Å². The first kappa shape index (κ1) is 18.6. The second-order valence-corrected chi connectivity index (χ2v) is 6.09. The number of nitrogens with zero attached hydrogens (tertiary/aromatic N) is 1. The SMILES string of the molecule is COc1ccc(C(=O)NCCC2Oc3ccccc3N(C)C2=O)cc1OC. The van der Waals surface area contributed by atoms with Crippen molar-refractivity contribution in [2.45, 2.75) is 12.5 Å². The molecule has 0 saturated carbocycles. The lowest BCUT2D eigenvalue weighted by molar-refractivity contribution is -0.126. The van der Waals surface area contributed by atoms with Gasteiger partial charge in [0, 0.05) is 25.6 Å². The molecule has 2 aromatic carbocycles. The fourth-order valence-electron chi connectivity index (χ4n) is 2.95. The van der Waals surface area contributed by atoms with E-state index in [9.17, 15) is 9.59 Å². The molecule has 27 heavy (non-hydrogen) atoms. The lowest BCUT2D eigenvalue weighted by atomic mass is 10.1. The average Bonchev–Trinajstić information content (AvgIpc) is 2.70. The fourth-order valence-corrected chi connectivity index (χ4v) is 2.95. The summed E-state index contributed by atoms with van der Waals surface area (Å²) < 4.78 is 16.2. The molecule has 0 saturated heterocycles. The second kappa shape index (κ2) is 7.99. The Bertz CT molecular complexity index is 852. The van der Waals surface area contributed by atoms with Gasteiger partial charge in [-0.15, -0.1) is 0 Å². The van der Waals surface area contributed by atoms with Crippen molar-refractivity contribution in [1.29, 1.82) is 0 Å². The van der Waals surface area contributed by atoms with Crippen molar-refractivity contribution in [2.75, 3.05) is 32.7 Å². The molecule has 3 rings (SSSR count). The van der Waals surface area contributed by atoms with Crippen LogP contribution in [0.2, 0.25) is 0 Å². The molecule has 0 radical (unpaired) electrons. The number of hydrogen-bond acceptors (Lipinski definition) is 5. The van der Waals surface area contributed by atoms with E-state index in [-0.39, 0.29) is 11.8 Å². The monoisotopic (exact) mass is 370 g/mol. The van der Waals surface area contributed by atoms with Crippen LogP contribution in [-0.2, 0) is 4.79 Å². The van der Waals surface area contributed by atoms with Gasteiger partial charge in [0.15, 0.2) is 17.6 Å². The van der Waals surface area contributed by atoms with Gasteiger partial charge in [-0.1, -0.05) is 12.1 Å². The van der Waals surface area contributed by atoms with Gasteiger partial charge >= 0.3 is 0 Å². The van der Waals surface area contributed by atoms with Crippen molar-refractivity contribution in [3.8, 4) is 17.2 Å². The van der Waals surface area contributed by atoms with Crippen LogP contribution in [0.15, 0.2) is 42.5 Å². The van der Waals surface area contributed by atoms with E-state index < -0.39 is 6.10 Å². The molecule has 2 amide bonds. The zero-order chi connectivity index (χ0) is 19.4. The Morgan fingerprint density at radius 1 is 1.15 bits per heavy atom. The molecule has 0 aliphatic carbocycles. The van der Waals surface area contributed by atoms with Crippen molar-refractivity contribution in [3.05, 3.63) is 48.0 Å². The van der Waals surface area contributed by atoms with Crippen LogP contribution in [-0.4, -0.2) is 45.7 Å². The molecule has 0 fully saturated rings. The number of methoxy groups -OCH3 is 2. The summed E-state index contributed by atoms with van der Waals surface area (Å²) in [6.07, 6.45) is -0.258. The van der Waals surface area contributed by atoms with E-state index in [0.29, 0.717) is 35.8 Å². The lowest BCUT2D eigenvalue weighted by Crippen LogP contribution is -2.45. The maximum atomic E-state index is 12.4. The van der Waals surface area contributed by atoms with Gasteiger partial charge in [0.05, 0.1) is 19.9 Å². The first-order valence-corrected chi connectivity index (χ1v) is 8.58. The zero-order valence-electron chi connectivity index (χ0n) is 15.5. The summed E-state index contributed by atoms with van der Waals surface area (Å²) in [7, 11) is 4.77. The summed E-state index contributed by atoms with van der Waals surface area (Å²) in [6, 6.07) is 12.3. The van der Waals surface area contributed by atoms with Crippen molar-refractivity contribution in [1.82, 2.24) is 5.32 Å². The van der Waals surface area contributed by atoms with E-state index in [4.69, 9.17) is 14.2 Å². The Balaban J connectivity index is 1.60. The Morgan fingerprint density at radius 3 is 2.63 bits per heavy atom. The number of fused-ring (bicyclic) bond motifs is 1. The summed E-state index contributed by atoms with van der Waals surface area (Å²) in [5.74, 6) is 1.31. The van der Waals surface area contributed by atoms with Gasteiger partial charge in [-0.2, -0.15) is 0 Å². The number of ether oxygens (including phenoxy) is 3. The maximum absolute atomic E-state index is 12.4. The highest BCUT2D eigenvalue weighted by Crippen LogP contribution is 2.33. The van der Waals surface area contributed by atoms with Gasteiger partial charge in [0.1, 0.15) is 5.75 Å². The van der Waals surface area contributed by atoms with E-state index in [0.717, 1.165) is 5.69 Å². The lowest BCUT2D eigenvalue weighted by Gasteiger charge is -2.31. The third kappa shape index (κ3) is 3.81. The van der Waals surface area contributed by atoms with E-state index in [1.165, 1.54) is 14.2 Å². The largest absolute Gasteiger partial charge is 0.493 e. The molecule has 0 bridgehead atoms. The van der Waals surface area contributed by atoms with E-state index in [1.54, 1.807) is 30.1 Å². The number of amides is 2. The highest BCUT2D eigenvalue weighted by molar-refractivity contribution is 5.99. The molecular weight excluding hydrogens is 348 g/mol. The van der Waals surface area contributed by atoms with Gasteiger partial charge in [-0.05, 0) is 30.3 Å². The minimum atomic E-state index is -0.629. The molecule has 1 unspecified atom stereocenters. The smallest absolute Gasteiger partial charge is 0.267 e. The maximum Gasteiger partial charge on any atom is 0.267 e. The number of likely N-dealkylation sites (N-methyl/N-ethyl adjacent to an activating group) is 1. The summed E-state index contributed by atoms with van der Waals surface area (Å²) in [5.41, 5.74) is 1.19. The van der Waals surface area contributed by atoms with E-state index in [2.05, 4.69) is 5.32 Å². The van der Waals surface area contributed by atoms with Crippen LogP contribution < -0.4 is 24.4 Å². The number of carbonyl (C=O) groups excluding carboxylic acids is 2. The molecular formula is C20H22N2O5. The second-order valence-electron chi connectivity index (χ2n) is 6.09. The number of para-hydroxylation sites is 2. The summed E-state index contributed by atoms with van der Waals surface area (Å²) >= 11 is 0. The van der Waals surface area contributed by atoms with Crippen molar-refractivity contribution < 1.29 is 23.8 Å². The van der Waals surface area contributed by atoms with Gasteiger partial charge < -0.3 is 24.4 Å². The van der Waals surface area contributed by atoms with Crippen LogP contribution in [0.25, 0.3) is 0 Å². The summed E-state index contributed by atoms with van der Waals surface area (Å²) in [6.45, 7) is 0.305. The number of carbonyl (C=O) groups is 2. The first-order valence-electron chi connectivity index (χ1n) is 8.58. The summed E-state index contributed by atoms with van der Waals surface area (Å²) in [5, 5.41) is 2.81. The Hall–Kier alpha value is -3.22. The number of anilines is 1. The van der Waals surface area contributed by atoms with Crippen LogP contribution in [0.5, 0.6) is 17.2 Å². The third-order valence-corrected chi connectivity index (χ3v) is 4.44. The Labute approximate surface area is 157 Å². The van der Waals surface area contributed by atoms with Gasteiger partial charge in [-0.3, -0.25) is 9.59 Å². The molecule has 7 heteroatoms. The molecule has 1 heterocycles. The molecule has 7 nitrogen and oxygen atoms in total. The Morgan fingerprint density at radius 2 is 1.89 bits per heavy atom. The molecule has 1 N–H and O–H groups in total. The molecule has 1 atom stereocenters. The van der Waals surface area contributed by atoms with Crippen LogP contribution in [0.3, 0.4) is 0 Å². The van der Waals surface area contributed by atoms with Crippen LogP contribution in [0.4, 0.5) is 5.69 Å². The van der Waals surface area contributed by atoms with Crippen molar-refractivity contribution in [3.63, 3.8) is 0 Å². The number of rotatable bonds is 6. The molecule has 0 spiro atoms. The van der Waals surface area contributed by atoms with E-state index in [1.807, 2.05) is 24.3 Å². The standard InChI is InChI=1S/C20H22N2O5/c1-22-14-6-4-5-7-15(14)27-17(20(22)24)10-11-21-19(23)13-8-9-16(25-2)18(12-13)26-3/h4-9,12,17H,10-11H2,1-3H3,(H,21,23). The fraction of sp³-hybridized carbons (Fsp3) is 0.300. The van der Waals surface area contributed by atoms with Crippen molar-refractivity contribution >= 4 is 17.5 Å². The molecule has 1 aliphatic rings. The van der Waals surface area contributed by atoms with Crippen LogP contribution >= 0.6 is 0 Å². The van der Waals surface area contributed by atoms with E-state index >= 15 is 0 Å². The highest BCUT2D eigenvalue weighted by Gasteiger charge is 2.31. The number of nitrogens with one attached hydrogen (secondary N) is 1. The zero-order valence-corrected chi connectivity index (χ0v) is 15.5. The Kier molecular flexibility index (Phi) is 5.49. The third-order valence-electron chi connectivity index (χ3n) is 4.44. The number of hydrogen-bond donors (Lipinski definition) is 1. The number of benzene rings is 2. The molecule has 142 valence electrons. The molecule has 0 aromatic heterocycles. The average molecular weight is 370 g/mol. The minimum Gasteiger partial charge on any atom is -0.493 e. The van der Waals surface area contributed by atoms with Crippen LogP contribution in [0, 0.1) is 0 Å². The summed E-state index contributed by atoms with van der Waals surface area (Å²) in [4.78, 5) is 26.4. The predicted octanol–water partition coefficient (Wildman–Crippen LogP) is 2.25. The van der Waals surface area contributed by atoms with Crippen LogP contribution in [0.1, 0.15) is 16.8 Å². The molecule has 2 aromatic rings. The van der Waals surface area contributed by atoms with Crippen molar-refractivity contribution in [2.24, 2.45) is 0 Å². The minimum absolute atomic E-state index is 0.130. The highest BCUT2D eigenvalue weighted by atomic mass is 16.5.